The van der Waals surface area contributed by atoms with E-state index in [0.29, 0.717) is 19.4 Å². The van der Waals surface area contributed by atoms with Crippen LogP contribution in [0.2, 0.25) is 0 Å². The van der Waals surface area contributed by atoms with Crippen molar-refractivity contribution in [2.75, 3.05) is 19.8 Å². The van der Waals surface area contributed by atoms with Crippen molar-refractivity contribution in [3.8, 4) is 0 Å². The lowest BCUT2D eigenvalue weighted by Gasteiger charge is -2.40. The number of aliphatic hydroxyl groups is 5. The van der Waals surface area contributed by atoms with Crippen molar-refractivity contribution in [1.82, 2.24) is 5.32 Å². The highest BCUT2D eigenvalue weighted by Crippen LogP contribution is 2.24. The van der Waals surface area contributed by atoms with E-state index in [4.69, 9.17) is 14.2 Å². The van der Waals surface area contributed by atoms with Crippen LogP contribution in [0, 0.1) is 0 Å². The Morgan fingerprint density at radius 1 is 0.375 bits per heavy atom. The van der Waals surface area contributed by atoms with Gasteiger partial charge in [-0.3, -0.25) is 9.59 Å². The highest BCUT2D eigenvalue weighted by molar-refractivity contribution is 5.76. The third-order valence-corrected chi connectivity index (χ3v) is 20.6. The van der Waals surface area contributed by atoms with Gasteiger partial charge in [-0.05, 0) is 57.8 Å². The average Bonchev–Trinajstić information content (AvgIpc) is 1.06. The Labute approximate surface area is 594 Å². The molecule has 1 rings (SSSR count). The Kier molecular flexibility index (Phi) is 71.4. The summed E-state index contributed by atoms with van der Waals surface area (Å²) in [5.41, 5.74) is 0. The second-order valence-corrected chi connectivity index (χ2v) is 29.9. The molecule has 6 N–H and O–H groups in total. The van der Waals surface area contributed by atoms with Crippen molar-refractivity contribution in [3.63, 3.8) is 0 Å². The molecule has 7 atom stereocenters. The van der Waals surface area contributed by atoms with Crippen LogP contribution in [0.3, 0.4) is 0 Å². The predicted octanol–water partition coefficient (Wildman–Crippen LogP) is 23.5. The molecule has 1 saturated heterocycles. The minimum Gasteiger partial charge on any atom is -0.466 e. The van der Waals surface area contributed by atoms with Crippen LogP contribution in [-0.2, 0) is 23.8 Å². The molecule has 1 aliphatic rings. The molecule has 1 aliphatic heterocycles. The fourth-order valence-corrected chi connectivity index (χ4v) is 13.9. The maximum absolute atomic E-state index is 13.1. The number of ether oxygens (including phenoxy) is 3. The average molecular weight is 1360 g/mol. The summed E-state index contributed by atoms with van der Waals surface area (Å²) >= 11 is 0. The van der Waals surface area contributed by atoms with Crippen LogP contribution in [0.15, 0.2) is 24.3 Å². The summed E-state index contributed by atoms with van der Waals surface area (Å²) in [6, 6.07) is -0.805. The molecule has 11 nitrogen and oxygen atoms in total. The van der Waals surface area contributed by atoms with Gasteiger partial charge < -0.3 is 45.1 Å². The van der Waals surface area contributed by atoms with Gasteiger partial charge in [0.2, 0.25) is 5.91 Å². The standard InChI is InChI=1S/C85H163NO10/c1-3-5-7-9-11-13-15-17-44-49-53-57-61-65-69-73-81(90)94-74-70-66-62-58-54-50-46-43-41-39-37-35-33-31-29-27-25-23-21-19-20-22-24-26-28-30-32-34-36-38-40-42-45-48-52-56-60-64-68-72-80(89)86-77(76-95-85-84(93)83(92)82(91)79(75-87)96-85)78(88)71-67-63-59-55-51-47-18-16-14-12-10-8-6-4-2/h17,44,67,71,77-79,82-85,87-88,91-93H,3-16,18-43,45-66,68-70,72-76H2,1-2H3,(H,86,89)/b44-17-,71-67+. The number of hydrogen-bond acceptors (Lipinski definition) is 10. The minimum atomic E-state index is -1.57. The quantitative estimate of drug-likeness (QED) is 0.0195. The van der Waals surface area contributed by atoms with E-state index in [2.05, 4.69) is 31.3 Å². The normalized spacial score (nSPS) is 17.3. The second kappa shape index (κ2) is 74.3. The van der Waals surface area contributed by atoms with Crippen molar-refractivity contribution in [1.29, 1.82) is 0 Å². The Hall–Kier alpha value is -1.86. The Bertz CT molecular complexity index is 1640. The minimum absolute atomic E-state index is 0.0114. The first-order valence-corrected chi connectivity index (χ1v) is 42.6. The summed E-state index contributed by atoms with van der Waals surface area (Å²) in [6.45, 7) is 4.40. The molecule has 96 heavy (non-hydrogen) atoms. The molecule has 1 heterocycles. The molecular formula is C85H163NO10. The first-order chi connectivity index (χ1) is 47.2. The number of rotatable bonds is 77. The van der Waals surface area contributed by atoms with Crippen molar-refractivity contribution >= 4 is 11.9 Å². The number of esters is 1. The topological polar surface area (TPSA) is 175 Å². The van der Waals surface area contributed by atoms with Crippen molar-refractivity contribution in [2.24, 2.45) is 0 Å². The lowest BCUT2D eigenvalue weighted by molar-refractivity contribution is -0.302. The van der Waals surface area contributed by atoms with Gasteiger partial charge in [-0.25, -0.2) is 0 Å². The summed E-state index contributed by atoms with van der Waals surface area (Å²) in [4.78, 5) is 25.2. The molecule has 0 aromatic heterocycles. The molecule has 1 fully saturated rings. The fourth-order valence-electron chi connectivity index (χ4n) is 13.9. The van der Waals surface area contributed by atoms with Gasteiger partial charge in [-0.2, -0.15) is 0 Å². The first kappa shape index (κ1) is 92.2. The number of amides is 1. The molecule has 0 saturated carbocycles. The third kappa shape index (κ3) is 62.0. The molecular weight excluding hydrogens is 1190 g/mol. The van der Waals surface area contributed by atoms with Crippen molar-refractivity contribution in [2.45, 2.75) is 487 Å². The lowest BCUT2D eigenvalue weighted by atomic mass is 9.99. The van der Waals surface area contributed by atoms with E-state index in [1.54, 1.807) is 6.08 Å². The molecule has 568 valence electrons. The molecule has 1 amide bonds. The SMILES string of the molecule is CCCCCCCC/C=C\CCCCCCCC(=O)OCCCCCCCCCCCCCCCCCCCCCCCCCCCCCCCCCCCCCCCCCC(=O)NC(COC1OC(CO)C(O)C(O)C1O)C(O)/C=C/CCCCCCCCCCCCCC. The van der Waals surface area contributed by atoms with Crippen molar-refractivity contribution in [3.05, 3.63) is 24.3 Å². The van der Waals surface area contributed by atoms with E-state index in [0.717, 1.165) is 57.8 Å². The van der Waals surface area contributed by atoms with Crippen LogP contribution in [0.25, 0.3) is 0 Å². The number of nitrogens with one attached hydrogen (secondary N) is 1. The highest BCUT2D eigenvalue weighted by Gasteiger charge is 2.44. The summed E-state index contributed by atoms with van der Waals surface area (Å²) in [6.07, 6.45) is 86.6. The van der Waals surface area contributed by atoms with E-state index in [1.807, 2.05) is 6.08 Å². The van der Waals surface area contributed by atoms with Gasteiger partial charge in [0.1, 0.15) is 24.4 Å². The van der Waals surface area contributed by atoms with E-state index in [9.17, 15) is 35.1 Å². The van der Waals surface area contributed by atoms with Gasteiger partial charge in [0.05, 0.1) is 32.0 Å². The van der Waals surface area contributed by atoms with Gasteiger partial charge in [0.15, 0.2) is 6.29 Å². The van der Waals surface area contributed by atoms with Gasteiger partial charge in [-0.1, -0.05) is 398 Å². The van der Waals surface area contributed by atoms with E-state index in [1.165, 1.54) is 360 Å². The van der Waals surface area contributed by atoms with Crippen molar-refractivity contribution < 1.29 is 49.3 Å². The maximum atomic E-state index is 13.1. The summed E-state index contributed by atoms with van der Waals surface area (Å²) in [5.74, 6) is -0.161. The summed E-state index contributed by atoms with van der Waals surface area (Å²) < 4.78 is 16.8. The van der Waals surface area contributed by atoms with Gasteiger partial charge in [-0.15, -0.1) is 0 Å². The zero-order valence-electron chi connectivity index (χ0n) is 63.6. The number of carbonyl (C=O) groups excluding carboxylic acids is 2. The monoisotopic (exact) mass is 1360 g/mol. The fraction of sp³-hybridized carbons (Fsp3) is 0.929. The summed E-state index contributed by atoms with van der Waals surface area (Å²) in [5, 5.41) is 54.6. The van der Waals surface area contributed by atoms with Gasteiger partial charge >= 0.3 is 5.97 Å². The van der Waals surface area contributed by atoms with Crippen LogP contribution in [0.1, 0.15) is 444 Å². The smallest absolute Gasteiger partial charge is 0.305 e. The first-order valence-electron chi connectivity index (χ1n) is 42.6. The Morgan fingerprint density at radius 2 is 0.667 bits per heavy atom. The molecule has 11 heteroatoms. The van der Waals surface area contributed by atoms with Crippen LogP contribution in [0.4, 0.5) is 0 Å². The maximum Gasteiger partial charge on any atom is 0.305 e. The van der Waals surface area contributed by atoms with E-state index < -0.39 is 49.5 Å². The van der Waals surface area contributed by atoms with Gasteiger partial charge in [0.25, 0.3) is 0 Å². The van der Waals surface area contributed by atoms with Crippen LogP contribution < -0.4 is 5.32 Å². The molecule has 0 bridgehead atoms. The molecule has 0 aromatic rings. The molecule has 0 aliphatic carbocycles. The molecule has 0 aromatic carbocycles. The zero-order chi connectivity index (χ0) is 69.4. The summed E-state index contributed by atoms with van der Waals surface area (Å²) in [7, 11) is 0. The molecule has 0 radical (unpaired) electrons. The number of allylic oxidation sites excluding steroid dienone is 3. The largest absolute Gasteiger partial charge is 0.466 e. The molecule has 0 spiro atoms. The van der Waals surface area contributed by atoms with E-state index in [-0.39, 0.29) is 18.5 Å². The second-order valence-electron chi connectivity index (χ2n) is 29.9. The number of hydrogen-bond donors (Lipinski definition) is 6. The van der Waals surface area contributed by atoms with Gasteiger partial charge in [0, 0.05) is 12.8 Å². The van der Waals surface area contributed by atoms with Crippen LogP contribution >= 0.6 is 0 Å². The van der Waals surface area contributed by atoms with Crippen LogP contribution in [0.5, 0.6) is 0 Å². The van der Waals surface area contributed by atoms with E-state index >= 15 is 0 Å². The van der Waals surface area contributed by atoms with Crippen LogP contribution in [-0.4, -0.2) is 100 Å². The zero-order valence-corrected chi connectivity index (χ0v) is 63.6. The predicted molar refractivity (Wildman–Crippen MR) is 408 cm³/mol. The number of aliphatic hydroxyl groups excluding tert-OH is 5. The highest BCUT2D eigenvalue weighted by atomic mass is 16.7. The Morgan fingerprint density at radius 3 is 1.00 bits per heavy atom. The molecule has 7 unspecified atom stereocenters. The lowest BCUT2D eigenvalue weighted by Crippen LogP contribution is -2.60. The third-order valence-electron chi connectivity index (χ3n) is 20.6. The number of carbonyl (C=O) groups is 2. The number of unbranched alkanes of at least 4 members (excludes halogenated alkanes) is 61. The Balaban J connectivity index is 1.87.